The second-order valence-corrected chi connectivity index (χ2v) is 5.35. The monoisotopic (exact) mass is 297 g/mol. The van der Waals surface area contributed by atoms with Crippen molar-refractivity contribution < 1.29 is 9.90 Å². The second-order valence-electron chi connectivity index (χ2n) is 4.44. The van der Waals surface area contributed by atoms with Crippen molar-refractivity contribution in [3.05, 3.63) is 33.8 Å². The SMILES string of the molecule is Cc1cc(Br)ccc1C(=O)N1CCC[C@@H]1CO. The quantitative estimate of drug-likeness (QED) is 0.910. The maximum absolute atomic E-state index is 12.3. The van der Waals surface area contributed by atoms with Crippen molar-refractivity contribution in [3.8, 4) is 0 Å². The molecule has 1 aliphatic rings. The first-order valence-corrected chi connectivity index (χ1v) is 6.60. The van der Waals surface area contributed by atoms with Gasteiger partial charge in [0.2, 0.25) is 0 Å². The van der Waals surface area contributed by atoms with Gasteiger partial charge >= 0.3 is 0 Å². The van der Waals surface area contributed by atoms with Gasteiger partial charge in [0.1, 0.15) is 0 Å². The number of carbonyl (C=O) groups is 1. The van der Waals surface area contributed by atoms with Gasteiger partial charge in [-0.3, -0.25) is 4.79 Å². The molecule has 0 saturated carbocycles. The van der Waals surface area contributed by atoms with Crippen LogP contribution in [0.1, 0.15) is 28.8 Å². The number of amides is 1. The predicted molar refractivity (Wildman–Crippen MR) is 70.0 cm³/mol. The first kappa shape index (κ1) is 12.6. The topological polar surface area (TPSA) is 40.5 Å². The van der Waals surface area contributed by atoms with Crippen molar-refractivity contribution >= 4 is 21.8 Å². The molecule has 0 bridgehead atoms. The molecule has 1 N–H and O–H groups in total. The minimum Gasteiger partial charge on any atom is -0.394 e. The van der Waals surface area contributed by atoms with Gasteiger partial charge in [0, 0.05) is 16.6 Å². The Morgan fingerprint density at radius 3 is 3.00 bits per heavy atom. The molecule has 1 aromatic rings. The molecule has 1 aromatic carbocycles. The molecule has 2 rings (SSSR count). The Kier molecular flexibility index (Phi) is 3.84. The fourth-order valence-electron chi connectivity index (χ4n) is 2.31. The molecular weight excluding hydrogens is 282 g/mol. The summed E-state index contributed by atoms with van der Waals surface area (Å²) in [5.41, 5.74) is 1.70. The molecule has 1 aliphatic heterocycles. The molecule has 1 atom stereocenters. The summed E-state index contributed by atoms with van der Waals surface area (Å²) < 4.78 is 0.978. The lowest BCUT2D eigenvalue weighted by Crippen LogP contribution is -2.37. The van der Waals surface area contributed by atoms with Crippen LogP contribution in [0.2, 0.25) is 0 Å². The van der Waals surface area contributed by atoms with E-state index in [1.165, 1.54) is 0 Å². The van der Waals surface area contributed by atoms with E-state index < -0.39 is 0 Å². The van der Waals surface area contributed by atoms with E-state index in [0.717, 1.165) is 35.0 Å². The Hall–Kier alpha value is -0.870. The standard InChI is InChI=1S/C13H16BrNO2/c1-9-7-10(14)4-5-12(9)13(17)15-6-2-3-11(15)8-16/h4-5,7,11,16H,2-3,6,8H2,1H3/t11-/m1/s1. The molecule has 0 unspecified atom stereocenters. The lowest BCUT2D eigenvalue weighted by atomic mass is 10.1. The number of carbonyl (C=O) groups excluding carboxylic acids is 1. The maximum Gasteiger partial charge on any atom is 0.254 e. The van der Waals surface area contributed by atoms with E-state index in [0.29, 0.717) is 0 Å². The van der Waals surface area contributed by atoms with Crippen LogP contribution in [0, 0.1) is 6.92 Å². The average molecular weight is 298 g/mol. The molecule has 17 heavy (non-hydrogen) atoms. The van der Waals surface area contributed by atoms with E-state index >= 15 is 0 Å². The smallest absolute Gasteiger partial charge is 0.254 e. The highest BCUT2D eigenvalue weighted by atomic mass is 79.9. The molecule has 92 valence electrons. The second kappa shape index (κ2) is 5.19. The van der Waals surface area contributed by atoms with Crippen LogP contribution >= 0.6 is 15.9 Å². The highest BCUT2D eigenvalue weighted by Crippen LogP contribution is 2.22. The summed E-state index contributed by atoms with van der Waals surface area (Å²) >= 11 is 3.39. The lowest BCUT2D eigenvalue weighted by Gasteiger charge is -2.23. The zero-order valence-corrected chi connectivity index (χ0v) is 11.4. The molecule has 0 aromatic heterocycles. The first-order valence-electron chi connectivity index (χ1n) is 5.81. The van der Waals surface area contributed by atoms with Crippen LogP contribution in [-0.2, 0) is 0 Å². The van der Waals surface area contributed by atoms with Gasteiger partial charge in [-0.25, -0.2) is 0 Å². The highest BCUT2D eigenvalue weighted by Gasteiger charge is 2.29. The van der Waals surface area contributed by atoms with Crippen LogP contribution in [0.15, 0.2) is 22.7 Å². The fraction of sp³-hybridized carbons (Fsp3) is 0.462. The van der Waals surface area contributed by atoms with Gasteiger partial charge < -0.3 is 10.0 Å². The van der Waals surface area contributed by atoms with E-state index in [4.69, 9.17) is 0 Å². The Morgan fingerprint density at radius 2 is 2.35 bits per heavy atom. The number of rotatable bonds is 2. The number of hydrogen-bond acceptors (Lipinski definition) is 2. The number of aliphatic hydroxyl groups is 1. The number of benzene rings is 1. The third kappa shape index (κ3) is 2.53. The normalized spacial score (nSPS) is 19.7. The van der Waals surface area contributed by atoms with Crippen molar-refractivity contribution in [1.29, 1.82) is 0 Å². The number of nitrogens with zero attached hydrogens (tertiary/aromatic N) is 1. The van der Waals surface area contributed by atoms with Crippen molar-refractivity contribution in [2.24, 2.45) is 0 Å². The van der Waals surface area contributed by atoms with Crippen molar-refractivity contribution in [2.45, 2.75) is 25.8 Å². The lowest BCUT2D eigenvalue weighted by molar-refractivity contribution is 0.0677. The summed E-state index contributed by atoms with van der Waals surface area (Å²) in [6.07, 6.45) is 1.88. The van der Waals surface area contributed by atoms with Gasteiger partial charge in [-0.15, -0.1) is 0 Å². The molecule has 1 heterocycles. The van der Waals surface area contributed by atoms with Crippen LogP contribution in [0.25, 0.3) is 0 Å². The fourth-order valence-corrected chi connectivity index (χ4v) is 2.79. The zero-order valence-electron chi connectivity index (χ0n) is 9.82. The summed E-state index contributed by atoms with van der Waals surface area (Å²) in [5.74, 6) is 0.0338. The average Bonchev–Trinajstić information content (AvgIpc) is 2.76. The van der Waals surface area contributed by atoms with Gasteiger partial charge in [0.25, 0.3) is 5.91 Å². The van der Waals surface area contributed by atoms with E-state index in [1.54, 1.807) is 4.90 Å². The Balaban J connectivity index is 2.24. The third-order valence-corrected chi connectivity index (χ3v) is 3.76. The van der Waals surface area contributed by atoms with Crippen molar-refractivity contribution in [2.75, 3.05) is 13.2 Å². The molecule has 0 spiro atoms. The van der Waals surface area contributed by atoms with Crippen LogP contribution in [0.3, 0.4) is 0 Å². The number of aliphatic hydroxyl groups excluding tert-OH is 1. The first-order chi connectivity index (χ1) is 8.13. The zero-order chi connectivity index (χ0) is 12.4. The number of halogens is 1. The van der Waals surface area contributed by atoms with Crippen LogP contribution < -0.4 is 0 Å². The molecular formula is C13H16BrNO2. The molecule has 0 aliphatic carbocycles. The Bertz CT molecular complexity index is 433. The third-order valence-electron chi connectivity index (χ3n) is 3.27. The van der Waals surface area contributed by atoms with Gasteiger partial charge in [-0.05, 0) is 43.5 Å². The van der Waals surface area contributed by atoms with E-state index in [1.807, 2.05) is 25.1 Å². The number of hydrogen-bond donors (Lipinski definition) is 1. The van der Waals surface area contributed by atoms with Crippen molar-refractivity contribution in [1.82, 2.24) is 4.90 Å². The van der Waals surface area contributed by atoms with E-state index in [9.17, 15) is 9.90 Å². The number of likely N-dealkylation sites (tertiary alicyclic amines) is 1. The van der Waals surface area contributed by atoms with E-state index in [2.05, 4.69) is 15.9 Å². The molecule has 1 amide bonds. The van der Waals surface area contributed by atoms with Gasteiger partial charge in [-0.2, -0.15) is 0 Å². The molecule has 4 heteroatoms. The Labute approximate surface area is 110 Å². The van der Waals surface area contributed by atoms with Crippen LogP contribution in [0.4, 0.5) is 0 Å². The molecule has 3 nitrogen and oxygen atoms in total. The van der Waals surface area contributed by atoms with E-state index in [-0.39, 0.29) is 18.6 Å². The molecule has 1 saturated heterocycles. The Morgan fingerprint density at radius 1 is 1.59 bits per heavy atom. The van der Waals surface area contributed by atoms with Gasteiger partial charge in [0.15, 0.2) is 0 Å². The molecule has 1 fully saturated rings. The predicted octanol–water partition coefficient (Wildman–Crippen LogP) is 2.35. The van der Waals surface area contributed by atoms with Crippen molar-refractivity contribution in [3.63, 3.8) is 0 Å². The molecule has 0 radical (unpaired) electrons. The van der Waals surface area contributed by atoms with Crippen LogP contribution in [-0.4, -0.2) is 35.1 Å². The summed E-state index contributed by atoms with van der Waals surface area (Å²) in [6, 6.07) is 5.65. The minimum atomic E-state index is -0.00875. The summed E-state index contributed by atoms with van der Waals surface area (Å²) in [7, 11) is 0. The van der Waals surface area contributed by atoms with Gasteiger partial charge in [0.05, 0.1) is 12.6 Å². The largest absolute Gasteiger partial charge is 0.394 e. The summed E-state index contributed by atoms with van der Waals surface area (Å²) in [5, 5.41) is 9.24. The van der Waals surface area contributed by atoms with Crippen LogP contribution in [0.5, 0.6) is 0 Å². The summed E-state index contributed by atoms with van der Waals surface area (Å²) in [6.45, 7) is 2.74. The van der Waals surface area contributed by atoms with Gasteiger partial charge in [-0.1, -0.05) is 15.9 Å². The summed E-state index contributed by atoms with van der Waals surface area (Å²) in [4.78, 5) is 14.1. The highest BCUT2D eigenvalue weighted by molar-refractivity contribution is 9.10. The maximum atomic E-state index is 12.3. The minimum absolute atomic E-state index is 0.00875. The number of aryl methyl sites for hydroxylation is 1.